The fourth-order valence-electron chi connectivity index (χ4n) is 4.18. The van der Waals surface area contributed by atoms with Crippen molar-refractivity contribution in [2.24, 2.45) is 5.73 Å². The summed E-state index contributed by atoms with van der Waals surface area (Å²) in [7, 11) is 0. The minimum atomic E-state index is -0.639. The molecule has 11 heteroatoms. The number of hydrogen-bond donors (Lipinski definition) is 3. The molecule has 0 spiro atoms. The van der Waals surface area contributed by atoms with Crippen molar-refractivity contribution in [1.82, 2.24) is 30.3 Å². The van der Waals surface area contributed by atoms with E-state index in [4.69, 9.17) is 10.7 Å². The van der Waals surface area contributed by atoms with Gasteiger partial charge in [0.2, 0.25) is 11.9 Å². The summed E-state index contributed by atoms with van der Waals surface area (Å²) in [6.45, 7) is 4.74. The predicted octanol–water partition coefficient (Wildman–Crippen LogP) is 4.39. The molecule has 0 aliphatic heterocycles. The van der Waals surface area contributed by atoms with Crippen LogP contribution >= 0.6 is 11.3 Å². The summed E-state index contributed by atoms with van der Waals surface area (Å²) in [5, 5.41) is 14.9. The first kappa shape index (κ1) is 25.4. The number of carbonyl (C=O) groups excluding carboxylic acids is 1. The molecular formula is C27H27FN8OS. The normalized spacial score (nSPS) is 12.8. The molecule has 1 amide bonds. The van der Waals surface area contributed by atoms with E-state index in [1.807, 2.05) is 31.2 Å². The molecule has 0 aliphatic carbocycles. The van der Waals surface area contributed by atoms with Gasteiger partial charge in [0.15, 0.2) is 0 Å². The maximum absolute atomic E-state index is 14.5. The van der Waals surface area contributed by atoms with Gasteiger partial charge in [-0.15, -0.1) is 16.4 Å². The predicted molar refractivity (Wildman–Crippen MR) is 147 cm³/mol. The Morgan fingerprint density at radius 2 is 2.00 bits per heavy atom. The van der Waals surface area contributed by atoms with Gasteiger partial charge in [-0.05, 0) is 60.2 Å². The third kappa shape index (κ3) is 5.53. The second-order valence-corrected chi connectivity index (χ2v) is 10.00. The molecule has 4 N–H and O–H groups in total. The van der Waals surface area contributed by atoms with Crippen LogP contribution in [0, 0.1) is 5.82 Å². The Morgan fingerprint density at radius 1 is 1.13 bits per heavy atom. The third-order valence-electron chi connectivity index (χ3n) is 6.09. The van der Waals surface area contributed by atoms with E-state index in [0.717, 1.165) is 37.3 Å². The average molecular weight is 531 g/mol. The van der Waals surface area contributed by atoms with Crippen LogP contribution in [0.4, 0.5) is 10.3 Å². The Balaban J connectivity index is 1.46. The van der Waals surface area contributed by atoms with Gasteiger partial charge in [-0.2, -0.15) is 0 Å². The Kier molecular flexibility index (Phi) is 7.38. The lowest BCUT2D eigenvalue weighted by atomic mass is 9.94. The third-order valence-corrected chi connectivity index (χ3v) is 7.30. The molecule has 0 saturated heterocycles. The summed E-state index contributed by atoms with van der Waals surface area (Å²) in [4.78, 5) is 22.2. The van der Waals surface area contributed by atoms with E-state index in [9.17, 15) is 9.18 Å². The van der Waals surface area contributed by atoms with Gasteiger partial charge in [-0.1, -0.05) is 29.5 Å². The Labute approximate surface area is 222 Å². The number of nitrogens with one attached hydrogen (secondary N) is 2. The molecule has 5 aromatic rings. The average Bonchev–Trinajstić information content (AvgIpc) is 3.58. The molecule has 0 unspecified atom stereocenters. The molecule has 0 saturated carbocycles. The number of hydrogen-bond acceptors (Lipinski definition) is 8. The molecular weight excluding hydrogens is 503 g/mol. The molecule has 5 rings (SSSR count). The van der Waals surface area contributed by atoms with Crippen LogP contribution in [0.3, 0.4) is 0 Å². The highest BCUT2D eigenvalue weighted by molar-refractivity contribution is 7.22. The molecule has 3 aromatic heterocycles. The molecule has 9 nitrogen and oxygen atoms in total. The molecule has 3 heterocycles. The molecule has 2 atom stereocenters. The van der Waals surface area contributed by atoms with Crippen molar-refractivity contribution >= 4 is 33.3 Å². The first-order valence-corrected chi connectivity index (χ1v) is 13.0. The Bertz CT molecular complexity index is 1570. The monoisotopic (exact) mass is 530 g/mol. The number of amides is 1. The number of nitrogens with two attached hydrogens (primary N) is 1. The van der Waals surface area contributed by atoms with Gasteiger partial charge >= 0.3 is 0 Å². The Morgan fingerprint density at radius 3 is 2.79 bits per heavy atom. The van der Waals surface area contributed by atoms with Gasteiger partial charge in [-0.3, -0.25) is 9.48 Å². The number of fused-ring (bicyclic) bond motifs is 1. The van der Waals surface area contributed by atoms with E-state index in [1.165, 1.54) is 12.1 Å². The van der Waals surface area contributed by atoms with E-state index < -0.39 is 6.04 Å². The minimum absolute atomic E-state index is 0.265. The highest BCUT2D eigenvalue weighted by Gasteiger charge is 2.19. The maximum Gasteiger partial charge on any atom is 0.237 e. The number of anilines is 1. The van der Waals surface area contributed by atoms with Crippen LogP contribution in [0.2, 0.25) is 0 Å². The zero-order valence-electron chi connectivity index (χ0n) is 20.9. The van der Waals surface area contributed by atoms with E-state index >= 15 is 0 Å². The number of benzene rings is 2. The maximum atomic E-state index is 14.5. The zero-order chi connectivity index (χ0) is 26.6. The topological polar surface area (TPSA) is 124 Å². The highest BCUT2D eigenvalue weighted by Crippen LogP contribution is 2.41. The van der Waals surface area contributed by atoms with Gasteiger partial charge in [0.1, 0.15) is 5.82 Å². The lowest BCUT2D eigenvalue weighted by Gasteiger charge is -2.20. The summed E-state index contributed by atoms with van der Waals surface area (Å²) in [6.07, 6.45) is 5.15. The van der Waals surface area contributed by atoms with Crippen molar-refractivity contribution in [3.63, 3.8) is 0 Å². The molecule has 0 bridgehead atoms. The zero-order valence-corrected chi connectivity index (χ0v) is 21.7. The second-order valence-electron chi connectivity index (χ2n) is 8.94. The van der Waals surface area contributed by atoms with Gasteiger partial charge < -0.3 is 16.4 Å². The Hall–Kier alpha value is -4.22. The van der Waals surface area contributed by atoms with Crippen molar-refractivity contribution in [1.29, 1.82) is 0 Å². The van der Waals surface area contributed by atoms with Gasteiger partial charge in [0, 0.05) is 23.6 Å². The van der Waals surface area contributed by atoms with Crippen molar-refractivity contribution in [3.05, 3.63) is 78.5 Å². The summed E-state index contributed by atoms with van der Waals surface area (Å²) in [6, 6.07) is 13.5. The summed E-state index contributed by atoms with van der Waals surface area (Å²) >= 11 is 1.58. The molecule has 0 fully saturated rings. The number of carbonyl (C=O) groups is 1. The van der Waals surface area contributed by atoms with Crippen molar-refractivity contribution in [2.45, 2.75) is 32.5 Å². The van der Waals surface area contributed by atoms with Crippen LogP contribution in [-0.2, 0) is 11.3 Å². The van der Waals surface area contributed by atoms with Crippen molar-refractivity contribution in [2.75, 3.05) is 11.9 Å². The lowest BCUT2D eigenvalue weighted by Crippen LogP contribution is -2.39. The standard InChI is InChI=1S/C27H27FN8OS/c1-16(29)26(37)33-17(2)20-7-6-19(28)15-22(20)21-5-3-4-18-14-24(38-25(18)21)23-8-9-30-27(34-23)31-10-12-36-13-11-32-35-36/h3-9,11,13-17H,10,12,29H2,1-2H3,(H,33,37)(H,30,31,34)/t16-,17-/m1/s1. The highest BCUT2D eigenvalue weighted by atomic mass is 32.1. The SMILES string of the molecule is C[C@@H](N)C(=O)N[C@H](C)c1ccc(F)cc1-c1cccc2cc(-c3ccnc(NCCn4ccnn4)n3)sc12. The number of rotatable bonds is 9. The van der Waals surface area contributed by atoms with Crippen molar-refractivity contribution in [3.8, 4) is 21.7 Å². The van der Waals surface area contributed by atoms with Gasteiger partial charge in [0.05, 0.1) is 35.4 Å². The molecule has 0 radical (unpaired) electrons. The fourth-order valence-corrected chi connectivity index (χ4v) is 5.34. The van der Waals surface area contributed by atoms with Crippen LogP contribution in [0.15, 0.2) is 67.1 Å². The summed E-state index contributed by atoms with van der Waals surface area (Å²) in [5.41, 5.74) is 8.94. The van der Waals surface area contributed by atoms with Crippen LogP contribution in [0.1, 0.15) is 25.5 Å². The second kappa shape index (κ2) is 11.0. The molecule has 38 heavy (non-hydrogen) atoms. The largest absolute Gasteiger partial charge is 0.352 e. The van der Waals surface area contributed by atoms with E-state index in [1.54, 1.807) is 47.6 Å². The number of nitrogens with zero attached hydrogens (tertiary/aromatic N) is 5. The van der Waals surface area contributed by atoms with Crippen LogP contribution in [0.5, 0.6) is 0 Å². The van der Waals surface area contributed by atoms with E-state index in [0.29, 0.717) is 19.0 Å². The number of halogens is 1. The molecule has 2 aromatic carbocycles. The molecule has 194 valence electrons. The summed E-state index contributed by atoms with van der Waals surface area (Å²) < 4.78 is 17.2. The van der Waals surface area contributed by atoms with Crippen LogP contribution in [-0.4, -0.2) is 43.5 Å². The van der Waals surface area contributed by atoms with Crippen LogP contribution in [0.25, 0.3) is 31.8 Å². The van der Waals surface area contributed by atoms with Crippen molar-refractivity contribution < 1.29 is 9.18 Å². The first-order valence-electron chi connectivity index (χ1n) is 12.2. The van der Waals surface area contributed by atoms with E-state index in [2.05, 4.69) is 32.0 Å². The first-order chi connectivity index (χ1) is 18.4. The van der Waals surface area contributed by atoms with Gasteiger partial charge in [-0.25, -0.2) is 14.4 Å². The number of thiophene rings is 1. The molecule has 0 aliphatic rings. The van der Waals surface area contributed by atoms with Gasteiger partial charge in [0.25, 0.3) is 0 Å². The number of aromatic nitrogens is 5. The van der Waals surface area contributed by atoms with E-state index in [-0.39, 0.29) is 17.8 Å². The fraction of sp³-hybridized carbons (Fsp3) is 0.222. The lowest BCUT2D eigenvalue weighted by molar-refractivity contribution is -0.122. The minimum Gasteiger partial charge on any atom is -0.352 e. The quantitative estimate of drug-likeness (QED) is 0.258. The smallest absolute Gasteiger partial charge is 0.237 e. The van der Waals surface area contributed by atoms with Crippen LogP contribution < -0.4 is 16.4 Å². The summed E-state index contributed by atoms with van der Waals surface area (Å²) in [5.74, 6) is -0.0917.